The summed E-state index contributed by atoms with van der Waals surface area (Å²) < 4.78 is 0.531. The normalized spacial score (nSPS) is 33.5. The van der Waals surface area contributed by atoms with Gasteiger partial charge in [0.05, 0.1) is 57.3 Å². The van der Waals surface area contributed by atoms with Gasteiger partial charge in [0, 0.05) is 22.6 Å². The minimum atomic E-state index is -1.14. The second kappa shape index (κ2) is 9.14. The van der Waals surface area contributed by atoms with Gasteiger partial charge in [0.1, 0.15) is 5.70 Å². The van der Waals surface area contributed by atoms with Gasteiger partial charge in [-0.1, -0.05) is 6.92 Å². The Labute approximate surface area is 202 Å². The fraction of sp³-hybridized carbons (Fsp3) is 0.727. The monoisotopic (exact) mass is 496 g/mol. The predicted molar refractivity (Wildman–Crippen MR) is 124 cm³/mol. The fourth-order valence-corrected chi connectivity index (χ4v) is 7.24. The molecule has 4 aliphatic rings. The number of thioether (sulfide) groups is 1. The lowest BCUT2D eigenvalue weighted by Gasteiger charge is -2.46. The summed E-state index contributed by atoms with van der Waals surface area (Å²) in [4.78, 5) is 52.7. The summed E-state index contributed by atoms with van der Waals surface area (Å²) >= 11 is 1.43. The molecule has 0 aromatic heterocycles. The molecular formula is C22H34N5O6S+. The van der Waals surface area contributed by atoms with Crippen molar-refractivity contribution in [1.29, 1.82) is 0 Å². The molecule has 4 rings (SSSR count). The van der Waals surface area contributed by atoms with Crippen LogP contribution in [0.15, 0.2) is 10.6 Å². The van der Waals surface area contributed by atoms with Gasteiger partial charge in [-0.25, -0.2) is 4.79 Å². The maximum absolute atomic E-state index is 13.1. The molecule has 3 amide bonds. The standard InChI is InChI=1S/C22H33N5O6S/c1-11-17-16(12(2)28)21(31)26(17)18(22(32)33)19(11)34-13-8-14(24-9-13)20(30)25-4-6-27(3,7-5-25)10-15(23)29/h11-14,16-17,24,28H,4-10H2,1-3H3,(H2-,23,29,32,33)/p+1/t11-,12?,13+,14+,16-,17-/m1/s1. The second-order valence-corrected chi connectivity index (χ2v) is 11.6. The Morgan fingerprint density at radius 2 is 1.94 bits per heavy atom. The molecule has 3 saturated heterocycles. The Morgan fingerprint density at radius 1 is 1.29 bits per heavy atom. The van der Waals surface area contributed by atoms with E-state index < -0.39 is 18.0 Å². The number of aliphatic carboxylic acids is 1. The first-order chi connectivity index (χ1) is 15.9. The van der Waals surface area contributed by atoms with Crippen LogP contribution in [0.5, 0.6) is 0 Å². The number of carboxylic acid groups (broad SMARTS) is 1. The third kappa shape index (κ3) is 4.32. The first-order valence-corrected chi connectivity index (χ1v) is 12.6. The molecule has 11 nitrogen and oxygen atoms in total. The zero-order valence-corrected chi connectivity index (χ0v) is 20.6. The van der Waals surface area contributed by atoms with Crippen LogP contribution in [0.4, 0.5) is 0 Å². The van der Waals surface area contributed by atoms with E-state index in [1.165, 1.54) is 16.7 Å². The first-order valence-electron chi connectivity index (χ1n) is 11.7. The summed E-state index contributed by atoms with van der Waals surface area (Å²) in [6.45, 7) is 6.74. The van der Waals surface area contributed by atoms with Gasteiger partial charge in [-0.2, -0.15) is 0 Å². The molecule has 34 heavy (non-hydrogen) atoms. The van der Waals surface area contributed by atoms with Crippen LogP contribution >= 0.6 is 11.8 Å². The average Bonchev–Trinajstić information content (AvgIpc) is 3.29. The molecule has 6 atom stereocenters. The highest BCUT2D eigenvalue weighted by molar-refractivity contribution is 8.03. The number of hydrogen-bond donors (Lipinski definition) is 4. The minimum absolute atomic E-state index is 0.000233. The molecule has 4 aliphatic heterocycles. The molecule has 1 unspecified atom stereocenters. The molecule has 5 N–H and O–H groups in total. The van der Waals surface area contributed by atoms with Crippen LogP contribution in [-0.2, 0) is 19.2 Å². The smallest absolute Gasteiger partial charge is 0.353 e. The van der Waals surface area contributed by atoms with Crippen molar-refractivity contribution >= 4 is 35.5 Å². The van der Waals surface area contributed by atoms with Gasteiger partial charge in [-0.15, -0.1) is 11.8 Å². The van der Waals surface area contributed by atoms with Crippen molar-refractivity contribution in [3.8, 4) is 0 Å². The number of hydrogen-bond acceptors (Lipinski definition) is 7. The summed E-state index contributed by atoms with van der Waals surface area (Å²) in [5.41, 5.74) is 5.37. The van der Waals surface area contributed by atoms with E-state index in [0.29, 0.717) is 48.5 Å². The number of fused-ring (bicyclic) bond motifs is 1. The van der Waals surface area contributed by atoms with E-state index in [0.717, 1.165) is 0 Å². The van der Waals surface area contributed by atoms with Gasteiger partial charge < -0.3 is 35.5 Å². The van der Waals surface area contributed by atoms with Crippen LogP contribution in [0.25, 0.3) is 0 Å². The largest absolute Gasteiger partial charge is 0.477 e. The van der Waals surface area contributed by atoms with E-state index in [-0.39, 0.29) is 53.2 Å². The van der Waals surface area contributed by atoms with E-state index in [2.05, 4.69) is 5.32 Å². The number of quaternary nitrogens is 1. The molecule has 0 spiro atoms. The number of amides is 3. The van der Waals surface area contributed by atoms with Gasteiger partial charge >= 0.3 is 5.97 Å². The number of nitrogens with two attached hydrogens (primary N) is 1. The number of likely N-dealkylation sites (N-methyl/N-ethyl adjacent to an activating group) is 1. The maximum Gasteiger partial charge on any atom is 0.353 e. The van der Waals surface area contributed by atoms with Gasteiger partial charge in [0.2, 0.25) is 11.8 Å². The molecule has 4 heterocycles. The van der Waals surface area contributed by atoms with E-state index in [9.17, 15) is 29.4 Å². The van der Waals surface area contributed by atoms with Gasteiger partial charge in [-0.3, -0.25) is 14.4 Å². The number of primary amides is 1. The van der Waals surface area contributed by atoms with E-state index in [1.54, 1.807) is 6.92 Å². The highest BCUT2D eigenvalue weighted by Crippen LogP contribution is 2.51. The number of β-lactam (4-membered cyclic amide) rings is 1. The fourth-order valence-electron chi connectivity index (χ4n) is 5.76. The number of nitrogens with zero attached hydrogens (tertiary/aromatic N) is 3. The number of piperazine rings is 1. The lowest BCUT2D eigenvalue weighted by molar-refractivity contribution is -0.905. The third-order valence-corrected chi connectivity index (χ3v) is 9.17. The van der Waals surface area contributed by atoms with Gasteiger partial charge in [-0.05, 0) is 13.3 Å². The van der Waals surface area contributed by atoms with Gasteiger partial charge in [0.25, 0.3) is 5.91 Å². The summed E-state index contributed by atoms with van der Waals surface area (Å²) in [5.74, 6) is -2.58. The van der Waals surface area contributed by atoms with Crippen LogP contribution in [0, 0.1) is 11.8 Å². The Kier molecular flexibility index (Phi) is 6.71. The van der Waals surface area contributed by atoms with Gasteiger partial charge in [0.15, 0.2) is 6.54 Å². The molecule has 0 aliphatic carbocycles. The number of aliphatic hydroxyl groups is 1. The van der Waals surface area contributed by atoms with Crippen LogP contribution in [-0.4, -0.2) is 118 Å². The number of nitrogens with one attached hydrogen (secondary N) is 1. The zero-order chi connectivity index (χ0) is 24.9. The first kappa shape index (κ1) is 25.0. The van der Waals surface area contributed by atoms with Crippen molar-refractivity contribution in [1.82, 2.24) is 15.1 Å². The second-order valence-electron chi connectivity index (χ2n) is 10.2. The van der Waals surface area contributed by atoms with Crippen molar-refractivity contribution in [3.05, 3.63) is 10.6 Å². The van der Waals surface area contributed by atoms with Crippen LogP contribution in [0.2, 0.25) is 0 Å². The summed E-state index contributed by atoms with van der Waals surface area (Å²) in [5, 5.41) is 23.1. The number of carbonyl (C=O) groups is 4. The Hall–Kier alpha value is -2.15. The molecule has 0 bridgehead atoms. The molecule has 12 heteroatoms. The zero-order valence-electron chi connectivity index (χ0n) is 19.8. The van der Waals surface area contributed by atoms with E-state index in [1.807, 2.05) is 18.9 Å². The quantitative estimate of drug-likeness (QED) is 0.242. The third-order valence-electron chi connectivity index (χ3n) is 7.66. The van der Waals surface area contributed by atoms with Crippen molar-refractivity contribution in [3.63, 3.8) is 0 Å². The average molecular weight is 497 g/mol. The topological polar surface area (TPSA) is 153 Å². The molecular weight excluding hydrogens is 462 g/mol. The maximum atomic E-state index is 13.1. The highest BCUT2D eigenvalue weighted by atomic mass is 32.2. The summed E-state index contributed by atoms with van der Waals surface area (Å²) in [7, 11) is 1.97. The Morgan fingerprint density at radius 3 is 2.50 bits per heavy atom. The number of rotatable bonds is 7. The van der Waals surface area contributed by atoms with E-state index in [4.69, 9.17) is 5.73 Å². The Bertz CT molecular complexity index is 931. The van der Waals surface area contributed by atoms with E-state index >= 15 is 0 Å². The molecule has 0 aromatic carbocycles. The molecule has 0 saturated carbocycles. The predicted octanol–water partition coefficient (Wildman–Crippen LogP) is -1.62. The van der Waals surface area contributed by atoms with Crippen molar-refractivity contribution in [2.24, 2.45) is 17.6 Å². The Balaban J connectivity index is 1.38. The van der Waals surface area contributed by atoms with Crippen molar-refractivity contribution < 1.29 is 33.9 Å². The summed E-state index contributed by atoms with van der Waals surface area (Å²) in [6.07, 6.45) is -0.270. The van der Waals surface area contributed by atoms with Crippen molar-refractivity contribution in [2.45, 2.75) is 43.7 Å². The summed E-state index contributed by atoms with van der Waals surface area (Å²) in [6, 6.07) is -0.686. The minimum Gasteiger partial charge on any atom is -0.477 e. The lowest BCUT2D eigenvalue weighted by Crippen LogP contribution is -2.63. The lowest BCUT2D eigenvalue weighted by atomic mass is 9.79. The number of carboxylic acids is 1. The molecule has 3 fully saturated rings. The van der Waals surface area contributed by atoms with Crippen molar-refractivity contribution in [2.75, 3.05) is 46.3 Å². The number of carbonyl (C=O) groups excluding carboxylic acids is 3. The highest BCUT2D eigenvalue weighted by Gasteiger charge is 2.60. The molecule has 188 valence electrons. The SMILES string of the molecule is CC(O)[C@H]1C(=O)N2C(C(=O)O)=C(S[C@@H]3CN[C@H](C(=O)N4CC[N+](C)(CC(N)=O)CC4)C3)[C@H](C)[C@H]12. The van der Waals surface area contributed by atoms with Crippen LogP contribution in [0.3, 0.4) is 0 Å². The molecule has 0 aromatic rings. The van der Waals surface area contributed by atoms with Crippen LogP contribution < -0.4 is 11.1 Å². The number of aliphatic hydroxyl groups excluding tert-OH is 1. The molecule has 0 radical (unpaired) electrons. The van der Waals surface area contributed by atoms with Crippen LogP contribution in [0.1, 0.15) is 20.3 Å².